The summed E-state index contributed by atoms with van der Waals surface area (Å²) >= 11 is 5.03. The molecule has 1 N–H and O–H groups in total. The lowest BCUT2D eigenvalue weighted by Crippen LogP contribution is -2.36. The topological polar surface area (TPSA) is 42.0 Å². The van der Waals surface area contributed by atoms with Gasteiger partial charge in [-0.05, 0) is 34.7 Å². The molecule has 0 spiro atoms. The van der Waals surface area contributed by atoms with Crippen LogP contribution in [0.25, 0.3) is 0 Å². The lowest BCUT2D eigenvalue weighted by Gasteiger charge is -2.15. The number of amides is 1. The second-order valence-electron chi connectivity index (χ2n) is 3.43. The summed E-state index contributed by atoms with van der Waals surface area (Å²) in [7, 11) is 0. The van der Waals surface area contributed by atoms with Crippen molar-refractivity contribution >= 4 is 33.6 Å². The molecule has 0 aliphatic heterocycles. The molecule has 0 saturated carbocycles. The van der Waals surface area contributed by atoms with Crippen LogP contribution < -0.4 is 5.32 Å². The largest absolute Gasteiger partial charge is 0.348 e. The summed E-state index contributed by atoms with van der Waals surface area (Å²) in [5, 5.41) is 2.99. The number of carbonyl (C=O) groups is 1. The summed E-state index contributed by atoms with van der Waals surface area (Å²) in [6.07, 6.45) is 6.21. The molecule has 0 aromatic carbocycles. The second kappa shape index (κ2) is 6.91. The van der Waals surface area contributed by atoms with E-state index in [9.17, 15) is 4.79 Å². The number of pyridine rings is 1. The van der Waals surface area contributed by atoms with E-state index in [-0.39, 0.29) is 11.9 Å². The van der Waals surface area contributed by atoms with Gasteiger partial charge in [-0.1, -0.05) is 6.92 Å². The van der Waals surface area contributed by atoms with Gasteiger partial charge in [0.25, 0.3) is 5.91 Å². The Labute approximate surface area is 109 Å². The predicted molar refractivity (Wildman–Crippen MR) is 71.9 cm³/mol. The van der Waals surface area contributed by atoms with Crippen molar-refractivity contribution in [2.75, 3.05) is 12.0 Å². The van der Waals surface area contributed by atoms with Crippen LogP contribution in [0.5, 0.6) is 0 Å². The molecule has 1 atom stereocenters. The van der Waals surface area contributed by atoms with Gasteiger partial charge in [0.05, 0.1) is 5.56 Å². The van der Waals surface area contributed by atoms with Gasteiger partial charge in [-0.3, -0.25) is 9.78 Å². The van der Waals surface area contributed by atoms with E-state index in [0.717, 1.165) is 16.6 Å². The minimum Gasteiger partial charge on any atom is -0.348 e. The van der Waals surface area contributed by atoms with E-state index in [1.807, 2.05) is 6.26 Å². The first-order valence-electron chi connectivity index (χ1n) is 5.07. The Morgan fingerprint density at radius 1 is 1.62 bits per heavy atom. The normalized spacial score (nSPS) is 12.2. The Hall–Kier alpha value is -0.550. The molecule has 1 heterocycles. The minimum atomic E-state index is -0.0605. The van der Waals surface area contributed by atoms with Crippen LogP contribution in [0.3, 0.4) is 0 Å². The van der Waals surface area contributed by atoms with Crippen molar-refractivity contribution < 1.29 is 4.79 Å². The fourth-order valence-electron chi connectivity index (χ4n) is 1.27. The quantitative estimate of drug-likeness (QED) is 0.909. The van der Waals surface area contributed by atoms with Crippen molar-refractivity contribution in [2.45, 2.75) is 19.4 Å². The van der Waals surface area contributed by atoms with Gasteiger partial charge in [0.15, 0.2) is 0 Å². The highest BCUT2D eigenvalue weighted by atomic mass is 79.9. The number of nitrogens with one attached hydrogen (secondary N) is 1. The summed E-state index contributed by atoms with van der Waals surface area (Å²) in [6, 6.07) is 2.00. The molecule has 0 aliphatic rings. The van der Waals surface area contributed by atoms with Gasteiger partial charge in [0.1, 0.15) is 0 Å². The highest BCUT2D eigenvalue weighted by Gasteiger charge is 2.11. The Morgan fingerprint density at radius 2 is 2.38 bits per heavy atom. The third-order valence-electron chi connectivity index (χ3n) is 2.16. The van der Waals surface area contributed by atoms with Gasteiger partial charge in [-0.2, -0.15) is 11.8 Å². The van der Waals surface area contributed by atoms with Crippen molar-refractivity contribution in [1.29, 1.82) is 0 Å². The average molecular weight is 303 g/mol. The molecule has 0 aliphatic carbocycles. The number of nitrogens with zero attached hydrogens (tertiary/aromatic N) is 1. The van der Waals surface area contributed by atoms with Crippen LogP contribution in [0.1, 0.15) is 23.7 Å². The molecule has 0 fully saturated rings. The molecule has 1 unspecified atom stereocenters. The van der Waals surface area contributed by atoms with Gasteiger partial charge in [0.2, 0.25) is 0 Å². The third kappa shape index (κ3) is 4.14. The maximum atomic E-state index is 11.9. The standard InChI is InChI=1S/C11H15BrN2OS/c1-3-10(7-16-2)14-11(15)8-4-9(12)6-13-5-8/h4-6,10H,3,7H2,1-2H3,(H,14,15). The zero-order chi connectivity index (χ0) is 12.0. The first kappa shape index (κ1) is 13.5. The van der Waals surface area contributed by atoms with E-state index in [2.05, 4.69) is 33.2 Å². The number of aromatic nitrogens is 1. The monoisotopic (exact) mass is 302 g/mol. The van der Waals surface area contributed by atoms with Crippen molar-refractivity contribution in [3.8, 4) is 0 Å². The highest BCUT2D eigenvalue weighted by Crippen LogP contribution is 2.10. The zero-order valence-corrected chi connectivity index (χ0v) is 11.8. The highest BCUT2D eigenvalue weighted by molar-refractivity contribution is 9.10. The van der Waals surface area contributed by atoms with Gasteiger partial charge >= 0.3 is 0 Å². The Kier molecular flexibility index (Phi) is 5.84. The van der Waals surface area contributed by atoms with Crippen molar-refractivity contribution in [1.82, 2.24) is 10.3 Å². The van der Waals surface area contributed by atoms with Crippen LogP contribution in [-0.2, 0) is 0 Å². The molecule has 1 rings (SSSR count). The van der Waals surface area contributed by atoms with E-state index in [1.54, 1.807) is 30.2 Å². The maximum absolute atomic E-state index is 11.9. The number of hydrogen-bond acceptors (Lipinski definition) is 3. The lowest BCUT2D eigenvalue weighted by atomic mass is 10.2. The van der Waals surface area contributed by atoms with Gasteiger partial charge in [-0.15, -0.1) is 0 Å². The summed E-state index contributed by atoms with van der Waals surface area (Å²) in [5.74, 6) is 0.874. The molecule has 1 amide bonds. The first-order chi connectivity index (χ1) is 7.67. The molecule has 5 heteroatoms. The first-order valence-corrected chi connectivity index (χ1v) is 7.26. The van der Waals surface area contributed by atoms with Crippen LogP contribution in [0.15, 0.2) is 22.9 Å². The molecule has 3 nitrogen and oxygen atoms in total. The molecular formula is C11H15BrN2OS. The SMILES string of the molecule is CCC(CSC)NC(=O)c1cncc(Br)c1. The third-order valence-corrected chi connectivity index (χ3v) is 3.33. The Bertz CT molecular complexity index is 360. The number of hydrogen-bond donors (Lipinski definition) is 1. The molecule has 0 radical (unpaired) electrons. The zero-order valence-electron chi connectivity index (χ0n) is 9.37. The van der Waals surface area contributed by atoms with Crippen LogP contribution >= 0.6 is 27.7 Å². The maximum Gasteiger partial charge on any atom is 0.253 e. The van der Waals surface area contributed by atoms with Gasteiger partial charge in [0, 0.05) is 28.7 Å². The molecular weight excluding hydrogens is 288 g/mol. The van der Waals surface area contributed by atoms with Crippen LogP contribution in [0, 0.1) is 0 Å². The molecule has 1 aromatic heterocycles. The average Bonchev–Trinajstić information content (AvgIpc) is 2.28. The lowest BCUT2D eigenvalue weighted by molar-refractivity contribution is 0.0939. The number of carbonyl (C=O) groups excluding carboxylic acids is 1. The summed E-state index contributed by atoms with van der Waals surface area (Å²) in [6.45, 7) is 2.07. The molecule has 16 heavy (non-hydrogen) atoms. The Balaban J connectivity index is 2.64. The van der Waals surface area contributed by atoms with Gasteiger partial charge in [-0.25, -0.2) is 0 Å². The number of thioether (sulfide) groups is 1. The summed E-state index contributed by atoms with van der Waals surface area (Å²) in [4.78, 5) is 15.8. The van der Waals surface area contributed by atoms with Crippen molar-refractivity contribution in [3.63, 3.8) is 0 Å². The van der Waals surface area contributed by atoms with E-state index in [4.69, 9.17) is 0 Å². The smallest absolute Gasteiger partial charge is 0.253 e. The van der Waals surface area contributed by atoms with Crippen LogP contribution in [-0.4, -0.2) is 28.9 Å². The second-order valence-corrected chi connectivity index (χ2v) is 5.25. The Morgan fingerprint density at radius 3 is 2.94 bits per heavy atom. The van der Waals surface area contributed by atoms with Crippen molar-refractivity contribution in [2.24, 2.45) is 0 Å². The molecule has 88 valence electrons. The van der Waals surface area contributed by atoms with Crippen molar-refractivity contribution in [3.05, 3.63) is 28.5 Å². The van der Waals surface area contributed by atoms with E-state index < -0.39 is 0 Å². The predicted octanol–water partition coefficient (Wildman–Crippen LogP) is 2.72. The van der Waals surface area contributed by atoms with Crippen LogP contribution in [0.4, 0.5) is 0 Å². The molecule has 1 aromatic rings. The molecule has 0 bridgehead atoms. The van der Waals surface area contributed by atoms with Gasteiger partial charge < -0.3 is 5.32 Å². The molecule has 0 saturated heterocycles. The number of rotatable bonds is 5. The van der Waals surface area contributed by atoms with Crippen LogP contribution in [0.2, 0.25) is 0 Å². The van der Waals surface area contributed by atoms with E-state index in [1.165, 1.54) is 0 Å². The minimum absolute atomic E-state index is 0.0605. The van der Waals surface area contributed by atoms with E-state index in [0.29, 0.717) is 5.56 Å². The summed E-state index contributed by atoms with van der Waals surface area (Å²) < 4.78 is 0.818. The fourth-order valence-corrected chi connectivity index (χ4v) is 2.35. The van der Waals surface area contributed by atoms with E-state index >= 15 is 0 Å². The number of halogens is 1. The fraction of sp³-hybridized carbons (Fsp3) is 0.455. The summed E-state index contributed by atoms with van der Waals surface area (Å²) in [5.41, 5.74) is 0.592.